The second-order valence-corrected chi connectivity index (χ2v) is 8.06. The highest BCUT2D eigenvalue weighted by Crippen LogP contribution is 2.34. The second kappa shape index (κ2) is 6.51. The summed E-state index contributed by atoms with van der Waals surface area (Å²) in [6, 6.07) is 1.52. The van der Waals surface area contributed by atoms with Crippen LogP contribution in [0.15, 0.2) is 11.1 Å². The van der Waals surface area contributed by atoms with Crippen LogP contribution in [-0.2, 0) is 26.0 Å². The van der Waals surface area contributed by atoms with Gasteiger partial charge in [0.1, 0.15) is 0 Å². The van der Waals surface area contributed by atoms with Gasteiger partial charge in [-0.2, -0.15) is 5.10 Å². The molecule has 2 fully saturated rings. The molecular weight excluding hydrogens is 318 g/mol. The van der Waals surface area contributed by atoms with Crippen LogP contribution in [0.5, 0.6) is 0 Å². The van der Waals surface area contributed by atoms with Crippen molar-refractivity contribution in [1.82, 2.24) is 14.5 Å². The van der Waals surface area contributed by atoms with E-state index in [9.17, 15) is 8.42 Å². The van der Waals surface area contributed by atoms with Crippen LogP contribution in [0.2, 0.25) is 0 Å². The fourth-order valence-corrected chi connectivity index (χ4v) is 5.00. The maximum atomic E-state index is 12.7. The van der Waals surface area contributed by atoms with E-state index in [4.69, 9.17) is 9.47 Å². The Morgan fingerprint density at radius 3 is 2.83 bits per heavy atom. The van der Waals surface area contributed by atoms with E-state index >= 15 is 0 Å². The average Bonchev–Trinajstić information content (AvgIpc) is 2.90. The lowest BCUT2D eigenvalue weighted by Crippen LogP contribution is -2.51. The number of nitrogens with one attached hydrogen (secondary N) is 1. The third-order valence-corrected chi connectivity index (χ3v) is 6.18. The molecule has 0 unspecified atom stereocenters. The van der Waals surface area contributed by atoms with Crippen molar-refractivity contribution in [2.24, 2.45) is 0 Å². The summed E-state index contributed by atoms with van der Waals surface area (Å²) in [7, 11) is -3.57. The zero-order valence-corrected chi connectivity index (χ0v) is 14.6. The lowest BCUT2D eigenvalue weighted by molar-refractivity contribution is -0.138. The first kappa shape index (κ1) is 16.9. The van der Waals surface area contributed by atoms with Crippen molar-refractivity contribution in [1.29, 1.82) is 0 Å². The van der Waals surface area contributed by atoms with E-state index in [1.54, 1.807) is 13.0 Å². The Morgan fingerprint density at radius 2 is 2.13 bits per heavy atom. The van der Waals surface area contributed by atoms with Gasteiger partial charge in [0.15, 0.2) is 5.03 Å². The summed E-state index contributed by atoms with van der Waals surface area (Å²) in [4.78, 5) is 0. The maximum Gasteiger partial charge on any atom is 0.257 e. The average molecular weight is 343 g/mol. The van der Waals surface area contributed by atoms with E-state index in [2.05, 4.69) is 9.82 Å². The van der Waals surface area contributed by atoms with E-state index < -0.39 is 10.0 Å². The SMILES string of the molecule is CCn1nc(C)cc1S(=O)(=O)N[C@@H]1CCOC2(CCOCC2)C1. The van der Waals surface area contributed by atoms with E-state index in [1.807, 2.05) is 6.92 Å². The molecule has 0 bridgehead atoms. The number of hydrogen-bond acceptors (Lipinski definition) is 5. The van der Waals surface area contributed by atoms with Gasteiger partial charge in [-0.1, -0.05) is 0 Å². The molecule has 130 valence electrons. The highest BCUT2D eigenvalue weighted by atomic mass is 32.2. The molecule has 1 atom stereocenters. The molecular formula is C15H25N3O4S. The molecule has 2 saturated heterocycles. The van der Waals surface area contributed by atoms with Crippen LogP contribution in [0.25, 0.3) is 0 Å². The Bertz CT molecular complexity index is 644. The Morgan fingerprint density at radius 1 is 1.39 bits per heavy atom. The molecule has 0 radical (unpaired) electrons. The second-order valence-electron chi connectivity index (χ2n) is 6.39. The number of nitrogens with zero attached hydrogens (tertiary/aromatic N) is 2. The fourth-order valence-electron chi connectivity index (χ4n) is 3.46. The number of aromatic nitrogens is 2. The minimum Gasteiger partial charge on any atom is -0.381 e. The molecule has 0 saturated carbocycles. The summed E-state index contributed by atoms with van der Waals surface area (Å²) in [5.41, 5.74) is 0.477. The molecule has 3 heterocycles. The van der Waals surface area contributed by atoms with Crippen LogP contribution in [0.1, 0.15) is 38.3 Å². The van der Waals surface area contributed by atoms with Gasteiger partial charge >= 0.3 is 0 Å². The van der Waals surface area contributed by atoms with Crippen LogP contribution in [0.3, 0.4) is 0 Å². The van der Waals surface area contributed by atoms with Gasteiger partial charge in [-0.05, 0) is 45.6 Å². The Labute approximate surface area is 137 Å². The third kappa shape index (κ3) is 3.60. The monoisotopic (exact) mass is 343 g/mol. The minimum atomic E-state index is -3.57. The molecule has 23 heavy (non-hydrogen) atoms. The van der Waals surface area contributed by atoms with Crippen LogP contribution >= 0.6 is 0 Å². The predicted molar refractivity (Wildman–Crippen MR) is 84.7 cm³/mol. The molecule has 8 heteroatoms. The summed E-state index contributed by atoms with van der Waals surface area (Å²) < 4.78 is 41.2. The first-order chi connectivity index (χ1) is 10.9. The quantitative estimate of drug-likeness (QED) is 0.889. The first-order valence-electron chi connectivity index (χ1n) is 8.23. The Hall–Kier alpha value is -0.960. The van der Waals surface area contributed by atoms with Crippen molar-refractivity contribution < 1.29 is 17.9 Å². The van der Waals surface area contributed by atoms with Gasteiger partial charge in [-0.25, -0.2) is 13.1 Å². The van der Waals surface area contributed by atoms with Gasteiger partial charge in [-0.15, -0.1) is 0 Å². The molecule has 1 N–H and O–H groups in total. The number of sulfonamides is 1. The predicted octanol–water partition coefficient (Wildman–Crippen LogP) is 1.22. The summed E-state index contributed by atoms with van der Waals surface area (Å²) in [5.74, 6) is 0. The van der Waals surface area contributed by atoms with Gasteiger partial charge in [0.05, 0.1) is 11.3 Å². The molecule has 1 aromatic rings. The van der Waals surface area contributed by atoms with Crippen molar-refractivity contribution >= 4 is 10.0 Å². The standard InChI is InChI=1S/C15H25N3O4S/c1-3-18-14(10-12(2)16-18)23(19,20)17-13-4-7-22-15(11-13)5-8-21-9-6-15/h10,13,17H,3-9,11H2,1-2H3/t13-/m1/s1. The minimum absolute atomic E-state index is 0.104. The van der Waals surface area contributed by atoms with Gasteiger partial charge < -0.3 is 9.47 Å². The van der Waals surface area contributed by atoms with Crippen molar-refractivity contribution in [3.8, 4) is 0 Å². The lowest BCUT2D eigenvalue weighted by atomic mass is 9.84. The molecule has 7 nitrogen and oxygen atoms in total. The van der Waals surface area contributed by atoms with Crippen molar-refractivity contribution in [2.45, 2.75) is 62.7 Å². The Kier molecular flexibility index (Phi) is 4.78. The molecule has 0 amide bonds. The third-order valence-electron chi connectivity index (χ3n) is 4.66. The number of aryl methyl sites for hydroxylation is 2. The molecule has 0 aromatic carbocycles. The lowest BCUT2D eigenvalue weighted by Gasteiger charge is -2.43. The van der Waals surface area contributed by atoms with Gasteiger partial charge in [-0.3, -0.25) is 4.68 Å². The molecule has 1 spiro atoms. The summed E-state index contributed by atoms with van der Waals surface area (Å²) in [5, 5.41) is 4.47. The van der Waals surface area contributed by atoms with Crippen molar-refractivity contribution in [3.63, 3.8) is 0 Å². The molecule has 2 aliphatic rings. The van der Waals surface area contributed by atoms with Gasteiger partial charge in [0, 0.05) is 32.4 Å². The van der Waals surface area contributed by atoms with Gasteiger partial charge in [0.2, 0.25) is 0 Å². The summed E-state index contributed by atoms with van der Waals surface area (Å²) in [6.07, 6.45) is 3.06. The first-order valence-corrected chi connectivity index (χ1v) is 9.71. The van der Waals surface area contributed by atoms with Crippen molar-refractivity contribution in [2.75, 3.05) is 19.8 Å². The van der Waals surface area contributed by atoms with Crippen molar-refractivity contribution in [3.05, 3.63) is 11.8 Å². The number of ether oxygens (including phenoxy) is 2. The van der Waals surface area contributed by atoms with Crippen LogP contribution < -0.4 is 4.72 Å². The topological polar surface area (TPSA) is 82.5 Å². The molecule has 0 aliphatic carbocycles. The maximum absolute atomic E-state index is 12.7. The molecule has 3 rings (SSSR count). The van der Waals surface area contributed by atoms with Crippen LogP contribution in [0.4, 0.5) is 0 Å². The van der Waals surface area contributed by atoms with E-state index in [1.165, 1.54) is 4.68 Å². The van der Waals surface area contributed by atoms with E-state index in [0.717, 1.165) is 12.8 Å². The summed E-state index contributed by atoms with van der Waals surface area (Å²) >= 11 is 0. The number of hydrogen-bond donors (Lipinski definition) is 1. The molecule has 2 aliphatic heterocycles. The fraction of sp³-hybridized carbons (Fsp3) is 0.800. The van der Waals surface area contributed by atoms with Crippen LogP contribution in [0, 0.1) is 6.92 Å². The van der Waals surface area contributed by atoms with Crippen LogP contribution in [-0.4, -0.2) is 49.7 Å². The summed E-state index contributed by atoms with van der Waals surface area (Å²) in [6.45, 7) is 6.16. The largest absolute Gasteiger partial charge is 0.381 e. The highest BCUT2D eigenvalue weighted by molar-refractivity contribution is 7.89. The van der Waals surface area contributed by atoms with E-state index in [-0.39, 0.29) is 16.7 Å². The smallest absolute Gasteiger partial charge is 0.257 e. The highest BCUT2D eigenvalue weighted by Gasteiger charge is 2.40. The number of rotatable bonds is 4. The molecule has 1 aromatic heterocycles. The zero-order valence-electron chi connectivity index (χ0n) is 13.7. The zero-order chi connectivity index (χ0) is 16.5. The Balaban J connectivity index is 1.74. The van der Waals surface area contributed by atoms with E-state index in [0.29, 0.717) is 44.9 Å². The van der Waals surface area contributed by atoms with Gasteiger partial charge in [0.25, 0.3) is 10.0 Å². The normalized spacial score (nSPS) is 24.9.